The maximum atomic E-state index is 12.1. The average Bonchev–Trinajstić information content (AvgIpc) is 3.05. The molecule has 128 valence electrons. The summed E-state index contributed by atoms with van der Waals surface area (Å²) in [5, 5.41) is 15.7. The second kappa shape index (κ2) is 7.26. The number of hydrogen-bond acceptors (Lipinski definition) is 6. The van der Waals surface area contributed by atoms with E-state index in [9.17, 15) is 14.4 Å². The zero-order valence-corrected chi connectivity index (χ0v) is 14.3. The van der Waals surface area contributed by atoms with Crippen LogP contribution < -0.4 is 5.32 Å². The Morgan fingerprint density at radius 3 is 2.67 bits per heavy atom. The smallest absolute Gasteiger partial charge is 0.356 e. The molecule has 2 aromatic heterocycles. The van der Waals surface area contributed by atoms with Crippen molar-refractivity contribution >= 4 is 34.2 Å². The van der Waals surface area contributed by atoms with E-state index in [0.717, 1.165) is 10.4 Å². The van der Waals surface area contributed by atoms with Crippen molar-refractivity contribution < 1.29 is 24.2 Å². The largest absolute Gasteiger partial charge is 0.476 e. The summed E-state index contributed by atoms with van der Waals surface area (Å²) < 4.78 is 6.24. The number of aryl methyl sites for hydroxylation is 1. The van der Waals surface area contributed by atoms with Crippen molar-refractivity contribution in [2.24, 2.45) is 0 Å². The lowest BCUT2D eigenvalue weighted by Crippen LogP contribution is -2.20. The average molecular weight is 351 g/mol. The van der Waals surface area contributed by atoms with Gasteiger partial charge in [0.15, 0.2) is 5.69 Å². The van der Waals surface area contributed by atoms with E-state index in [1.807, 2.05) is 6.92 Å². The number of hydrogen-bond donors (Lipinski definition) is 2. The van der Waals surface area contributed by atoms with Gasteiger partial charge in [0.25, 0.3) is 0 Å². The van der Waals surface area contributed by atoms with Crippen molar-refractivity contribution in [2.75, 3.05) is 11.9 Å². The van der Waals surface area contributed by atoms with Gasteiger partial charge in [-0.25, -0.2) is 9.59 Å². The third-order valence-electron chi connectivity index (χ3n) is 3.28. The van der Waals surface area contributed by atoms with Crippen LogP contribution in [0.2, 0.25) is 0 Å². The van der Waals surface area contributed by atoms with Crippen molar-refractivity contribution in [1.82, 2.24) is 9.78 Å². The molecule has 0 aromatic carbocycles. The second-order valence-electron chi connectivity index (χ2n) is 4.96. The zero-order chi connectivity index (χ0) is 17.9. The van der Waals surface area contributed by atoms with Crippen molar-refractivity contribution in [3.63, 3.8) is 0 Å². The fraction of sp³-hybridized carbons (Fsp3) is 0.333. The number of amides is 1. The molecule has 2 aromatic rings. The number of nitrogens with one attached hydrogen (secondary N) is 1. The number of rotatable bonds is 6. The van der Waals surface area contributed by atoms with Crippen LogP contribution in [0.5, 0.6) is 0 Å². The van der Waals surface area contributed by atoms with Crippen molar-refractivity contribution in [2.45, 2.75) is 27.3 Å². The highest BCUT2D eigenvalue weighted by Crippen LogP contribution is 2.33. The highest BCUT2D eigenvalue weighted by atomic mass is 32.1. The SMILES string of the molecule is CCOC(=O)c1c(NC(=O)Cn2ccc(C(=O)O)n2)sc(C)c1C. The third kappa shape index (κ3) is 3.80. The lowest BCUT2D eigenvalue weighted by atomic mass is 10.1. The first kappa shape index (κ1) is 17.7. The molecule has 9 heteroatoms. The summed E-state index contributed by atoms with van der Waals surface area (Å²) in [6.45, 7) is 5.44. The van der Waals surface area contributed by atoms with Crippen LogP contribution in [0.15, 0.2) is 12.3 Å². The van der Waals surface area contributed by atoms with Gasteiger partial charge in [-0.05, 0) is 32.4 Å². The fourth-order valence-corrected chi connectivity index (χ4v) is 3.11. The number of anilines is 1. The van der Waals surface area contributed by atoms with Gasteiger partial charge in [-0.1, -0.05) is 0 Å². The first-order valence-electron chi connectivity index (χ1n) is 7.17. The summed E-state index contributed by atoms with van der Waals surface area (Å²) in [6.07, 6.45) is 1.40. The number of carboxylic acid groups (broad SMARTS) is 1. The van der Waals surface area contributed by atoms with E-state index in [2.05, 4.69) is 10.4 Å². The van der Waals surface area contributed by atoms with Crippen molar-refractivity contribution in [3.05, 3.63) is 34.0 Å². The molecule has 1 amide bonds. The van der Waals surface area contributed by atoms with E-state index in [1.165, 1.54) is 28.3 Å². The number of carbonyl (C=O) groups excluding carboxylic acids is 2. The lowest BCUT2D eigenvalue weighted by Gasteiger charge is -2.07. The maximum Gasteiger partial charge on any atom is 0.356 e. The molecule has 0 radical (unpaired) electrons. The van der Waals surface area contributed by atoms with Gasteiger partial charge >= 0.3 is 11.9 Å². The Bertz CT molecular complexity index is 793. The molecule has 24 heavy (non-hydrogen) atoms. The van der Waals surface area contributed by atoms with Crippen LogP contribution >= 0.6 is 11.3 Å². The molecular formula is C15H17N3O5S. The summed E-state index contributed by atoms with van der Waals surface area (Å²) in [7, 11) is 0. The Balaban J connectivity index is 2.15. The molecule has 0 aliphatic heterocycles. The van der Waals surface area contributed by atoms with Crippen LogP contribution in [0.3, 0.4) is 0 Å². The number of aromatic nitrogens is 2. The normalized spacial score (nSPS) is 10.5. The number of carboxylic acids is 1. The van der Waals surface area contributed by atoms with Crippen molar-refractivity contribution in [3.8, 4) is 0 Å². The predicted octanol–water partition coefficient (Wildman–Crippen LogP) is 2.08. The highest BCUT2D eigenvalue weighted by Gasteiger charge is 2.22. The summed E-state index contributed by atoms with van der Waals surface area (Å²) in [6, 6.07) is 1.30. The molecule has 0 fully saturated rings. The number of ether oxygens (including phenoxy) is 1. The van der Waals surface area contributed by atoms with Crippen LogP contribution in [0, 0.1) is 13.8 Å². The molecule has 0 aliphatic rings. The van der Waals surface area contributed by atoms with Gasteiger partial charge in [-0.3, -0.25) is 9.48 Å². The minimum atomic E-state index is -1.16. The molecular weight excluding hydrogens is 334 g/mol. The number of carbonyl (C=O) groups is 3. The van der Waals surface area contributed by atoms with Gasteiger partial charge in [-0.2, -0.15) is 5.10 Å². The zero-order valence-electron chi connectivity index (χ0n) is 13.5. The minimum absolute atomic E-state index is 0.141. The van der Waals surface area contributed by atoms with Crippen LogP contribution in [0.4, 0.5) is 5.00 Å². The molecule has 0 saturated carbocycles. The maximum absolute atomic E-state index is 12.1. The molecule has 0 atom stereocenters. The topological polar surface area (TPSA) is 111 Å². The molecule has 0 aliphatic carbocycles. The van der Waals surface area contributed by atoms with Gasteiger partial charge in [0, 0.05) is 11.1 Å². The van der Waals surface area contributed by atoms with E-state index < -0.39 is 17.8 Å². The van der Waals surface area contributed by atoms with Crippen LogP contribution in [0.1, 0.15) is 38.2 Å². The van der Waals surface area contributed by atoms with Crippen LogP contribution in [-0.2, 0) is 16.1 Å². The molecule has 0 bridgehead atoms. The first-order chi connectivity index (χ1) is 11.3. The lowest BCUT2D eigenvalue weighted by molar-refractivity contribution is -0.116. The van der Waals surface area contributed by atoms with Gasteiger partial charge in [-0.15, -0.1) is 11.3 Å². The first-order valence-corrected chi connectivity index (χ1v) is 7.98. The number of aromatic carboxylic acids is 1. The highest BCUT2D eigenvalue weighted by molar-refractivity contribution is 7.16. The van der Waals surface area contributed by atoms with E-state index >= 15 is 0 Å². The Morgan fingerprint density at radius 2 is 2.08 bits per heavy atom. The van der Waals surface area contributed by atoms with Crippen molar-refractivity contribution in [1.29, 1.82) is 0 Å². The monoisotopic (exact) mass is 351 g/mol. The predicted molar refractivity (Wildman–Crippen MR) is 87.6 cm³/mol. The standard InChI is InChI=1S/C15H17N3O5S/c1-4-23-15(22)12-8(2)9(3)24-13(12)16-11(19)7-18-6-5-10(17-18)14(20)21/h5-6H,4,7H2,1-3H3,(H,16,19)(H,20,21). The van der Waals surface area contributed by atoms with Crippen LogP contribution in [0.25, 0.3) is 0 Å². The van der Waals surface area contributed by atoms with Crippen LogP contribution in [-0.4, -0.2) is 39.3 Å². The number of esters is 1. The van der Waals surface area contributed by atoms with Gasteiger partial charge in [0.1, 0.15) is 11.5 Å². The molecule has 0 unspecified atom stereocenters. The molecule has 2 heterocycles. The Morgan fingerprint density at radius 1 is 1.38 bits per heavy atom. The van der Waals surface area contributed by atoms with Gasteiger partial charge in [0.05, 0.1) is 12.2 Å². The van der Waals surface area contributed by atoms with Gasteiger partial charge < -0.3 is 15.2 Å². The number of thiophene rings is 1. The summed E-state index contributed by atoms with van der Waals surface area (Å²) in [5.41, 5.74) is 0.971. The third-order valence-corrected chi connectivity index (χ3v) is 4.41. The van der Waals surface area contributed by atoms with Gasteiger partial charge in [0.2, 0.25) is 5.91 Å². The van der Waals surface area contributed by atoms with E-state index in [0.29, 0.717) is 10.6 Å². The Kier molecular flexibility index (Phi) is 5.35. The molecule has 2 rings (SSSR count). The quantitative estimate of drug-likeness (QED) is 0.771. The summed E-state index contributed by atoms with van der Waals surface area (Å²) in [4.78, 5) is 35.9. The molecule has 0 spiro atoms. The fourth-order valence-electron chi connectivity index (χ4n) is 2.04. The molecule has 0 saturated heterocycles. The van der Waals surface area contributed by atoms with E-state index in [-0.39, 0.29) is 18.8 Å². The molecule has 8 nitrogen and oxygen atoms in total. The summed E-state index contributed by atoms with van der Waals surface area (Å²) >= 11 is 1.29. The van der Waals surface area contributed by atoms with E-state index in [1.54, 1.807) is 13.8 Å². The second-order valence-corrected chi connectivity index (χ2v) is 6.18. The Hall–Kier alpha value is -2.68. The Labute approximate surface area is 142 Å². The van der Waals surface area contributed by atoms with E-state index in [4.69, 9.17) is 9.84 Å². The number of nitrogens with zero attached hydrogens (tertiary/aromatic N) is 2. The summed E-state index contributed by atoms with van der Waals surface area (Å²) in [5.74, 6) is -2.06. The minimum Gasteiger partial charge on any atom is -0.476 e. The molecule has 2 N–H and O–H groups in total.